The molecule has 0 saturated carbocycles. The monoisotopic (exact) mass is 204 g/mol. The van der Waals surface area contributed by atoms with Crippen LogP contribution in [0.3, 0.4) is 0 Å². The zero-order valence-corrected chi connectivity index (χ0v) is 9.25. The molecule has 1 aromatic rings. The van der Waals surface area contributed by atoms with E-state index >= 15 is 0 Å². The normalized spacial score (nSPS) is 9.73. The summed E-state index contributed by atoms with van der Waals surface area (Å²) >= 11 is 0. The minimum absolute atomic E-state index is 0.180. The number of hydrogen-bond acceptors (Lipinski definition) is 2. The Labute approximate surface area is 90.6 Å². The average molecular weight is 204 g/mol. The van der Waals surface area contributed by atoms with Crippen LogP contribution in [-0.2, 0) is 16.0 Å². The van der Waals surface area contributed by atoms with E-state index < -0.39 is 0 Å². The molecule has 80 valence electrons. The van der Waals surface area contributed by atoms with Crippen LogP contribution in [0.4, 0.5) is 0 Å². The second kappa shape index (κ2) is 5.35. The Kier molecular flexibility index (Phi) is 4.10. The molecule has 0 saturated heterocycles. The van der Waals surface area contributed by atoms with Crippen molar-refractivity contribution in [1.82, 2.24) is 0 Å². The number of carbonyl (C=O) groups is 1. The molecule has 0 bridgehead atoms. The van der Waals surface area contributed by atoms with Gasteiger partial charge in [-0.15, -0.1) is 0 Å². The number of carbonyl (C=O) groups excluding carboxylic acids is 1. The minimum atomic E-state index is -0.180. The standard InChI is InChI=1S/C13H16O2/c1-4-15-13(14)9-11-5-7-12(8-6-11)10(2)3/h5-8H,2,4,9H2,1,3H3. The van der Waals surface area contributed by atoms with E-state index in [-0.39, 0.29) is 5.97 Å². The van der Waals surface area contributed by atoms with Crippen LogP contribution in [0.5, 0.6) is 0 Å². The second-order valence-electron chi connectivity index (χ2n) is 3.46. The summed E-state index contributed by atoms with van der Waals surface area (Å²) in [6.45, 7) is 8.05. The summed E-state index contributed by atoms with van der Waals surface area (Å²) in [6.07, 6.45) is 0.338. The molecule has 0 atom stereocenters. The molecule has 0 fully saturated rings. The Morgan fingerprint density at radius 2 is 1.93 bits per heavy atom. The first kappa shape index (κ1) is 11.5. The Morgan fingerprint density at radius 1 is 1.33 bits per heavy atom. The highest BCUT2D eigenvalue weighted by Gasteiger charge is 2.03. The molecule has 0 amide bonds. The van der Waals surface area contributed by atoms with Crippen molar-refractivity contribution in [2.45, 2.75) is 20.3 Å². The maximum Gasteiger partial charge on any atom is 0.310 e. The highest BCUT2D eigenvalue weighted by atomic mass is 16.5. The third-order valence-electron chi connectivity index (χ3n) is 2.10. The Hall–Kier alpha value is -1.57. The van der Waals surface area contributed by atoms with Crippen molar-refractivity contribution in [3.63, 3.8) is 0 Å². The summed E-state index contributed by atoms with van der Waals surface area (Å²) in [5, 5.41) is 0. The van der Waals surface area contributed by atoms with Gasteiger partial charge in [0.25, 0.3) is 0 Å². The van der Waals surface area contributed by atoms with Crippen molar-refractivity contribution >= 4 is 11.5 Å². The zero-order valence-electron chi connectivity index (χ0n) is 9.25. The van der Waals surface area contributed by atoms with Gasteiger partial charge in [-0.05, 0) is 25.0 Å². The number of hydrogen-bond donors (Lipinski definition) is 0. The van der Waals surface area contributed by atoms with Crippen LogP contribution in [-0.4, -0.2) is 12.6 Å². The SMILES string of the molecule is C=C(C)c1ccc(CC(=O)OCC)cc1. The third kappa shape index (κ3) is 3.58. The van der Waals surface area contributed by atoms with Gasteiger partial charge in [0, 0.05) is 0 Å². The lowest BCUT2D eigenvalue weighted by molar-refractivity contribution is -0.142. The van der Waals surface area contributed by atoms with Crippen molar-refractivity contribution in [3.05, 3.63) is 42.0 Å². The first-order valence-electron chi connectivity index (χ1n) is 5.04. The molecule has 2 heteroatoms. The van der Waals surface area contributed by atoms with Gasteiger partial charge in [0.15, 0.2) is 0 Å². The molecule has 0 N–H and O–H groups in total. The van der Waals surface area contributed by atoms with Crippen molar-refractivity contribution in [1.29, 1.82) is 0 Å². The Bertz CT molecular complexity index is 349. The molecule has 0 heterocycles. The lowest BCUT2D eigenvalue weighted by Gasteiger charge is -2.03. The van der Waals surface area contributed by atoms with E-state index in [9.17, 15) is 4.79 Å². The molecule has 0 aliphatic heterocycles. The molecule has 1 rings (SSSR count). The number of ether oxygens (including phenoxy) is 1. The van der Waals surface area contributed by atoms with Gasteiger partial charge in [-0.3, -0.25) is 4.79 Å². The minimum Gasteiger partial charge on any atom is -0.466 e. The van der Waals surface area contributed by atoms with Crippen molar-refractivity contribution in [2.24, 2.45) is 0 Å². The molecule has 0 radical (unpaired) electrons. The maximum absolute atomic E-state index is 11.2. The number of rotatable bonds is 4. The van der Waals surface area contributed by atoms with Crippen molar-refractivity contribution < 1.29 is 9.53 Å². The van der Waals surface area contributed by atoms with E-state index in [4.69, 9.17) is 4.74 Å². The van der Waals surface area contributed by atoms with Gasteiger partial charge in [0.05, 0.1) is 13.0 Å². The zero-order chi connectivity index (χ0) is 11.3. The van der Waals surface area contributed by atoms with E-state index in [1.165, 1.54) is 0 Å². The van der Waals surface area contributed by atoms with E-state index in [2.05, 4.69) is 6.58 Å². The second-order valence-corrected chi connectivity index (χ2v) is 3.46. The third-order valence-corrected chi connectivity index (χ3v) is 2.10. The smallest absolute Gasteiger partial charge is 0.310 e. The van der Waals surface area contributed by atoms with Gasteiger partial charge in [-0.2, -0.15) is 0 Å². The maximum atomic E-state index is 11.2. The molecule has 1 aromatic carbocycles. The fourth-order valence-corrected chi connectivity index (χ4v) is 1.29. The predicted octanol–water partition coefficient (Wildman–Crippen LogP) is 2.83. The molecular formula is C13H16O2. The van der Waals surface area contributed by atoms with Crippen molar-refractivity contribution in [2.75, 3.05) is 6.61 Å². The fraction of sp³-hybridized carbons (Fsp3) is 0.308. The van der Waals surface area contributed by atoms with E-state index in [0.717, 1.165) is 16.7 Å². The molecular weight excluding hydrogens is 188 g/mol. The highest BCUT2D eigenvalue weighted by molar-refractivity contribution is 5.73. The van der Waals surface area contributed by atoms with Gasteiger partial charge in [-0.25, -0.2) is 0 Å². The van der Waals surface area contributed by atoms with Crippen molar-refractivity contribution in [3.8, 4) is 0 Å². The van der Waals surface area contributed by atoms with E-state index in [1.54, 1.807) is 0 Å². The molecule has 0 aromatic heterocycles. The predicted molar refractivity (Wildman–Crippen MR) is 61.5 cm³/mol. The van der Waals surface area contributed by atoms with E-state index in [1.807, 2.05) is 38.1 Å². The lowest BCUT2D eigenvalue weighted by atomic mass is 10.1. The quantitative estimate of drug-likeness (QED) is 0.705. The summed E-state index contributed by atoms with van der Waals surface area (Å²) in [4.78, 5) is 11.2. The van der Waals surface area contributed by atoms with Gasteiger partial charge in [-0.1, -0.05) is 36.4 Å². The van der Waals surface area contributed by atoms with Gasteiger partial charge in [0.1, 0.15) is 0 Å². The topological polar surface area (TPSA) is 26.3 Å². The lowest BCUT2D eigenvalue weighted by Crippen LogP contribution is -2.07. The first-order chi connectivity index (χ1) is 7.13. The molecule has 0 aliphatic rings. The molecule has 0 spiro atoms. The summed E-state index contributed by atoms with van der Waals surface area (Å²) in [5.41, 5.74) is 3.10. The fourth-order valence-electron chi connectivity index (χ4n) is 1.29. The van der Waals surface area contributed by atoms with Crippen LogP contribution in [0, 0.1) is 0 Å². The van der Waals surface area contributed by atoms with Crippen LogP contribution in [0.1, 0.15) is 25.0 Å². The largest absolute Gasteiger partial charge is 0.466 e. The summed E-state index contributed by atoms with van der Waals surface area (Å²) in [5.74, 6) is -0.180. The number of allylic oxidation sites excluding steroid dienone is 1. The van der Waals surface area contributed by atoms with Crippen LogP contribution < -0.4 is 0 Å². The molecule has 15 heavy (non-hydrogen) atoms. The van der Waals surface area contributed by atoms with Crippen LogP contribution >= 0.6 is 0 Å². The van der Waals surface area contributed by atoms with Crippen LogP contribution in [0.25, 0.3) is 5.57 Å². The van der Waals surface area contributed by atoms with Crippen LogP contribution in [0.15, 0.2) is 30.8 Å². The highest BCUT2D eigenvalue weighted by Crippen LogP contribution is 2.12. The number of benzene rings is 1. The molecule has 0 aliphatic carbocycles. The van der Waals surface area contributed by atoms with Gasteiger partial charge in [0.2, 0.25) is 0 Å². The number of esters is 1. The summed E-state index contributed by atoms with van der Waals surface area (Å²) in [7, 11) is 0. The first-order valence-corrected chi connectivity index (χ1v) is 5.04. The van der Waals surface area contributed by atoms with Crippen LogP contribution in [0.2, 0.25) is 0 Å². The Balaban J connectivity index is 2.64. The van der Waals surface area contributed by atoms with Gasteiger partial charge >= 0.3 is 5.97 Å². The molecule has 0 unspecified atom stereocenters. The average Bonchev–Trinajstić information content (AvgIpc) is 2.18. The van der Waals surface area contributed by atoms with Gasteiger partial charge < -0.3 is 4.74 Å². The summed E-state index contributed by atoms with van der Waals surface area (Å²) in [6, 6.07) is 7.80. The summed E-state index contributed by atoms with van der Waals surface area (Å²) < 4.78 is 4.87. The Morgan fingerprint density at radius 3 is 2.40 bits per heavy atom. The van der Waals surface area contributed by atoms with E-state index in [0.29, 0.717) is 13.0 Å². The molecule has 2 nitrogen and oxygen atoms in total.